The molecule has 13 rings (SSSR count). The highest BCUT2D eigenvalue weighted by molar-refractivity contribution is 6.14. The molecule has 3 fully saturated rings. The molecule has 14 nitrogen and oxygen atoms in total. The molecule has 14 heteroatoms. The minimum absolute atomic E-state index is 0.0226. The van der Waals surface area contributed by atoms with Crippen LogP contribution in [-0.4, -0.2) is 105 Å². The molecule has 8 bridgehead atoms. The van der Waals surface area contributed by atoms with E-state index in [1.807, 2.05) is 24.4 Å². The lowest BCUT2D eigenvalue weighted by molar-refractivity contribution is -0.328. The summed E-state index contributed by atoms with van der Waals surface area (Å²) in [6.07, 6.45) is 11.7. The number of Topliss-reactive ketones (excluding diaryl/α,β-unsaturated/α-hetero) is 1. The fraction of sp³-hybridized carbons (Fsp3) is 0.474. The summed E-state index contributed by atoms with van der Waals surface area (Å²) in [6, 6.07) is 12.3. The molecule has 0 radical (unpaired) electrons. The van der Waals surface area contributed by atoms with Gasteiger partial charge in [0.15, 0.2) is 17.5 Å². The summed E-state index contributed by atoms with van der Waals surface area (Å²) in [4.78, 5) is 34.6. The first-order chi connectivity index (χ1) is 34.6. The van der Waals surface area contributed by atoms with E-state index in [4.69, 9.17) is 23.7 Å². The van der Waals surface area contributed by atoms with Crippen LogP contribution in [0.1, 0.15) is 141 Å². The molecule has 1 amide bonds. The molecule has 8 aliphatic rings. The number of carbonyl (C=O) groups excluding carboxylic acids is 2. The monoisotopic (exact) mass is 961 g/mol. The predicted octanol–water partition coefficient (Wildman–Crippen LogP) is 7.10. The van der Waals surface area contributed by atoms with Crippen LogP contribution in [0.15, 0.2) is 48.7 Å². The molecule has 0 unspecified atom stereocenters. The maximum atomic E-state index is 15.4. The van der Waals surface area contributed by atoms with Gasteiger partial charge < -0.3 is 59.3 Å². The Morgan fingerprint density at radius 1 is 1.01 bits per heavy atom. The van der Waals surface area contributed by atoms with Gasteiger partial charge in [-0.1, -0.05) is 49.5 Å². The number of ether oxygens (including phenoxy) is 5. The lowest BCUT2D eigenvalue weighted by Gasteiger charge is -2.48. The molecule has 4 aromatic carbocycles. The third-order valence-corrected chi connectivity index (χ3v) is 17.4. The van der Waals surface area contributed by atoms with E-state index in [0.29, 0.717) is 41.8 Å². The van der Waals surface area contributed by atoms with Crippen LogP contribution >= 0.6 is 0 Å². The number of ketones is 1. The number of phenols is 1. The average molecular weight is 962 g/mol. The molecule has 5 heterocycles. The number of rotatable bonds is 6. The van der Waals surface area contributed by atoms with Gasteiger partial charge in [-0.2, -0.15) is 0 Å². The second kappa shape index (κ2) is 17.4. The second-order valence-electron chi connectivity index (χ2n) is 21.2. The Bertz CT molecular complexity index is 3130. The summed E-state index contributed by atoms with van der Waals surface area (Å²) in [5.41, 5.74) is 5.68. The number of aromatic amines is 1. The average Bonchev–Trinajstić information content (AvgIpc) is 4.22. The highest BCUT2D eigenvalue weighted by Gasteiger charge is 2.59. The Balaban J connectivity index is 1.05. The summed E-state index contributed by atoms with van der Waals surface area (Å²) in [5.74, 6) is 3.04. The number of nitrogens with zero attached hydrogens (tertiary/aromatic N) is 1. The van der Waals surface area contributed by atoms with Gasteiger partial charge in [0.05, 0.1) is 43.4 Å². The number of aliphatic hydroxyl groups excluding tert-OH is 2. The van der Waals surface area contributed by atoms with Crippen LogP contribution in [0.25, 0.3) is 27.8 Å². The molecular weight excluding hydrogens is 903 g/mol. The Morgan fingerprint density at radius 2 is 1.89 bits per heavy atom. The smallest absolute Gasteiger partial charge is 0.254 e. The lowest BCUT2D eigenvalue weighted by atomic mass is 9.64. The first kappa shape index (κ1) is 45.0. The molecule has 2 saturated carbocycles. The summed E-state index contributed by atoms with van der Waals surface area (Å²) < 4.78 is 33.0. The SMILES string of the molecule is COc1c2c3c4c(O)c(c5c6c4c1CC[C@@H]6C[C@H]1CCC[C@@H]51)C(=O)CN1Cc4c(cccc4C1=O)CC#CO[C@H]1[C@H](O)[C@@H](CO[C@@H](c4c[nH]c5ccc(CNC6CCCC6)cc45)/C=C/2)O[C@H](O3)[C@@]1(O)CO. The van der Waals surface area contributed by atoms with Crippen LogP contribution in [0.5, 0.6) is 17.2 Å². The molecule has 5 aromatic rings. The number of nitrogens with one attached hydrogen (secondary N) is 2. The number of H-pyrrole nitrogens is 1. The zero-order valence-corrected chi connectivity index (χ0v) is 39.8. The zero-order chi connectivity index (χ0) is 48.3. The van der Waals surface area contributed by atoms with Crippen LogP contribution in [0, 0.1) is 17.9 Å². The Labute approximate surface area is 411 Å². The van der Waals surface area contributed by atoms with E-state index in [9.17, 15) is 25.2 Å². The van der Waals surface area contributed by atoms with Crippen LogP contribution in [0.2, 0.25) is 0 Å². The first-order valence-electron chi connectivity index (χ1n) is 25.6. The molecule has 6 N–H and O–H groups in total. The number of aryl methyl sites for hydroxylation is 1. The molecular formula is C57H59N3O11. The first-order valence-corrected chi connectivity index (χ1v) is 25.6. The van der Waals surface area contributed by atoms with Crippen molar-refractivity contribution >= 4 is 39.4 Å². The third kappa shape index (κ3) is 7.06. The molecule has 4 aliphatic heterocycles. The quantitative estimate of drug-likeness (QED) is 0.0949. The number of amides is 1. The summed E-state index contributed by atoms with van der Waals surface area (Å²) >= 11 is 0. The molecule has 368 valence electrons. The Kier molecular flexibility index (Phi) is 11.0. The molecule has 0 spiro atoms. The highest BCUT2D eigenvalue weighted by atomic mass is 16.7. The topological polar surface area (TPSA) is 192 Å². The van der Waals surface area contributed by atoms with Crippen LogP contribution in [0.4, 0.5) is 0 Å². The second-order valence-corrected chi connectivity index (χ2v) is 21.2. The fourth-order valence-electron chi connectivity index (χ4n) is 13.9. The third-order valence-electron chi connectivity index (χ3n) is 17.4. The van der Waals surface area contributed by atoms with Crippen LogP contribution in [-0.2, 0) is 40.1 Å². The van der Waals surface area contributed by atoms with Crippen LogP contribution in [0.3, 0.4) is 0 Å². The van der Waals surface area contributed by atoms with Crippen molar-refractivity contribution < 1.29 is 53.7 Å². The van der Waals surface area contributed by atoms with Gasteiger partial charge in [0.25, 0.3) is 5.91 Å². The normalized spacial score (nSPS) is 30.2. The number of hydrogen-bond acceptors (Lipinski definition) is 12. The van der Waals surface area contributed by atoms with Gasteiger partial charge in [0.2, 0.25) is 6.29 Å². The van der Waals surface area contributed by atoms with Gasteiger partial charge in [-0.05, 0) is 120 Å². The van der Waals surface area contributed by atoms with Crippen molar-refractivity contribution in [2.45, 2.75) is 138 Å². The Morgan fingerprint density at radius 3 is 2.73 bits per heavy atom. The van der Waals surface area contributed by atoms with E-state index in [-0.39, 0.29) is 72.1 Å². The minimum Gasteiger partial charge on any atom is -0.506 e. The minimum atomic E-state index is -2.44. The molecule has 1 saturated heterocycles. The van der Waals surface area contributed by atoms with Crippen molar-refractivity contribution in [3.05, 3.63) is 104 Å². The number of aliphatic hydroxyl groups is 3. The summed E-state index contributed by atoms with van der Waals surface area (Å²) in [7, 11) is 1.60. The van der Waals surface area contributed by atoms with Crippen molar-refractivity contribution in [1.29, 1.82) is 0 Å². The number of fused-ring (bicyclic) bond motifs is 8. The lowest BCUT2D eigenvalue weighted by Crippen LogP contribution is -2.70. The van der Waals surface area contributed by atoms with E-state index >= 15 is 4.79 Å². The fourth-order valence-corrected chi connectivity index (χ4v) is 13.9. The molecule has 9 atom stereocenters. The van der Waals surface area contributed by atoms with Crippen molar-refractivity contribution in [3.63, 3.8) is 0 Å². The van der Waals surface area contributed by atoms with Crippen molar-refractivity contribution in [2.24, 2.45) is 5.92 Å². The zero-order valence-electron chi connectivity index (χ0n) is 39.8. The van der Waals surface area contributed by atoms with E-state index in [0.717, 1.165) is 87.3 Å². The van der Waals surface area contributed by atoms with E-state index in [2.05, 4.69) is 40.5 Å². The standard InChI is InChI=1S/C57H59N3O11/c1-67-52-36-16-15-32-22-31-8-5-12-34(31)46-45(32)47(36)49-51(64)48(46)42(62)26-60-25-40-30(7-4-13-35(40)55(60)65)9-6-20-68-54-50(63)44-27-69-43(19-17-37(52)53(49)71-56(70-44)57(54,66)28-61)39-24-59-41-18-14-29(21-38(39)41)23-58-33-10-2-3-11-33/h4,7,13-14,17-19,21,24,31-34,43-44,50,54,56,58-59,61,63-64,66H,2-3,5,8-12,15-16,22-23,25-28H2,1H3/b19-17+/t31-,32-,34-,43-,44-,50-,54+,56-,57-/m1/s1. The molecule has 1 aromatic heterocycles. The molecule has 4 aliphatic carbocycles. The van der Waals surface area contributed by atoms with Gasteiger partial charge in [-0.3, -0.25) is 9.59 Å². The van der Waals surface area contributed by atoms with Gasteiger partial charge in [-0.15, -0.1) is 0 Å². The van der Waals surface area contributed by atoms with E-state index < -0.39 is 42.9 Å². The number of methoxy groups -OCH3 is 1. The number of benzene rings is 4. The number of hydrogen-bond donors (Lipinski definition) is 6. The number of carbonyl (C=O) groups is 2. The molecule has 71 heavy (non-hydrogen) atoms. The maximum absolute atomic E-state index is 15.4. The van der Waals surface area contributed by atoms with Gasteiger partial charge in [-0.25, -0.2) is 0 Å². The summed E-state index contributed by atoms with van der Waals surface area (Å²) in [6.45, 7) is -0.559. The van der Waals surface area contributed by atoms with E-state index in [1.54, 1.807) is 24.1 Å². The van der Waals surface area contributed by atoms with Gasteiger partial charge in [0, 0.05) is 59.3 Å². The number of aromatic hydroxyl groups is 1. The van der Waals surface area contributed by atoms with Gasteiger partial charge in [0.1, 0.15) is 41.7 Å². The van der Waals surface area contributed by atoms with E-state index in [1.165, 1.54) is 25.7 Å². The van der Waals surface area contributed by atoms with Crippen LogP contribution < -0.4 is 14.8 Å². The maximum Gasteiger partial charge on any atom is 0.254 e. The summed E-state index contributed by atoms with van der Waals surface area (Å²) in [5, 5.41) is 55.2. The number of phenolic OH excluding ortho intramolecular Hbond substituents is 1. The van der Waals surface area contributed by atoms with Crippen molar-refractivity contribution in [3.8, 4) is 29.3 Å². The van der Waals surface area contributed by atoms with Gasteiger partial charge >= 0.3 is 0 Å². The predicted molar refractivity (Wildman–Crippen MR) is 262 cm³/mol. The number of aromatic nitrogens is 1. The largest absolute Gasteiger partial charge is 0.506 e. The van der Waals surface area contributed by atoms with Crippen molar-refractivity contribution in [2.75, 3.05) is 26.9 Å². The highest BCUT2D eigenvalue weighted by Crippen LogP contribution is 2.62. The Hall–Kier alpha value is -5.92. The van der Waals surface area contributed by atoms with Crippen molar-refractivity contribution in [1.82, 2.24) is 15.2 Å².